The van der Waals surface area contributed by atoms with Crippen LogP contribution in [-0.2, 0) is 6.42 Å². The van der Waals surface area contributed by atoms with Crippen molar-refractivity contribution in [3.63, 3.8) is 0 Å². The number of aliphatic hydroxyl groups excluding tert-OH is 1. The Hall–Kier alpha value is -2.18. The van der Waals surface area contributed by atoms with Crippen molar-refractivity contribution in [3.05, 3.63) is 53.3 Å². The van der Waals surface area contributed by atoms with Crippen molar-refractivity contribution in [1.82, 2.24) is 4.98 Å². The molecule has 3 heteroatoms. The maximum absolute atomic E-state index is 10.4. The summed E-state index contributed by atoms with van der Waals surface area (Å²) in [6.45, 7) is 4.14. The van der Waals surface area contributed by atoms with Crippen LogP contribution < -0.4 is 0 Å². The van der Waals surface area contributed by atoms with Gasteiger partial charge in [0.15, 0.2) is 0 Å². The van der Waals surface area contributed by atoms with Crippen LogP contribution in [0.25, 0.3) is 11.1 Å². The molecule has 3 nitrogen and oxygen atoms in total. The van der Waals surface area contributed by atoms with Gasteiger partial charge in [-0.25, -0.2) is 0 Å². The Balaban J connectivity index is 2.11. The average molecular weight is 264 g/mol. The predicted molar refractivity (Wildman–Crippen MR) is 76.8 cm³/mol. The lowest BCUT2D eigenvalue weighted by Gasteiger charge is -2.21. The lowest BCUT2D eigenvalue weighted by atomic mass is 9.87. The number of rotatable bonds is 1. The van der Waals surface area contributed by atoms with E-state index in [9.17, 15) is 5.11 Å². The molecular formula is C17H16N2O. The van der Waals surface area contributed by atoms with Gasteiger partial charge in [0.05, 0.1) is 17.7 Å². The van der Waals surface area contributed by atoms with Crippen LogP contribution in [0.15, 0.2) is 36.7 Å². The van der Waals surface area contributed by atoms with Gasteiger partial charge >= 0.3 is 0 Å². The van der Waals surface area contributed by atoms with Gasteiger partial charge in [0.25, 0.3) is 0 Å². The lowest BCUT2D eigenvalue weighted by molar-refractivity contribution is 0.0664. The summed E-state index contributed by atoms with van der Waals surface area (Å²) >= 11 is 0. The summed E-state index contributed by atoms with van der Waals surface area (Å²) in [5, 5.41) is 19.2. The van der Waals surface area contributed by atoms with E-state index in [4.69, 9.17) is 5.26 Å². The lowest BCUT2D eigenvalue weighted by Crippen LogP contribution is -2.16. The summed E-state index contributed by atoms with van der Waals surface area (Å²) in [6.07, 6.45) is 3.97. The number of aliphatic hydroxyl groups is 1. The Labute approximate surface area is 118 Å². The molecule has 1 heterocycles. The van der Waals surface area contributed by atoms with Crippen LogP contribution in [-0.4, -0.2) is 10.1 Å². The third-order valence-electron chi connectivity index (χ3n) is 4.08. The molecule has 1 aromatic carbocycles. The minimum absolute atomic E-state index is 0.160. The summed E-state index contributed by atoms with van der Waals surface area (Å²) in [7, 11) is 0. The van der Waals surface area contributed by atoms with Crippen LogP contribution >= 0.6 is 0 Å². The van der Waals surface area contributed by atoms with Crippen molar-refractivity contribution in [2.45, 2.75) is 26.4 Å². The average Bonchev–Trinajstić information content (AvgIpc) is 2.69. The number of hydrogen-bond acceptors (Lipinski definition) is 3. The highest BCUT2D eigenvalue weighted by molar-refractivity contribution is 5.69. The van der Waals surface area contributed by atoms with Crippen molar-refractivity contribution < 1.29 is 5.11 Å². The van der Waals surface area contributed by atoms with E-state index >= 15 is 0 Å². The highest BCUT2D eigenvalue weighted by atomic mass is 16.3. The summed E-state index contributed by atoms with van der Waals surface area (Å²) in [6, 6.07) is 9.62. The fraction of sp³-hybridized carbons (Fsp3) is 0.294. The number of pyridine rings is 1. The molecule has 0 spiro atoms. The molecule has 1 unspecified atom stereocenters. The fourth-order valence-electron chi connectivity index (χ4n) is 2.88. The van der Waals surface area contributed by atoms with Crippen LogP contribution in [0.2, 0.25) is 0 Å². The highest BCUT2D eigenvalue weighted by Crippen LogP contribution is 2.47. The third-order valence-corrected chi connectivity index (χ3v) is 4.08. The van der Waals surface area contributed by atoms with E-state index in [1.165, 1.54) is 5.56 Å². The van der Waals surface area contributed by atoms with E-state index in [1.807, 2.05) is 30.5 Å². The van der Waals surface area contributed by atoms with Crippen molar-refractivity contribution >= 4 is 0 Å². The zero-order chi connectivity index (χ0) is 14.3. The first-order valence-corrected chi connectivity index (χ1v) is 6.68. The van der Waals surface area contributed by atoms with Crippen molar-refractivity contribution in [1.29, 1.82) is 5.26 Å². The SMILES string of the molecule is CC1(C)Cc2c(-c3ccc(C#N)cc3)cncc2C1O. The van der Waals surface area contributed by atoms with Gasteiger partial charge in [-0.3, -0.25) is 4.98 Å². The second-order valence-corrected chi connectivity index (χ2v) is 6.01. The quantitative estimate of drug-likeness (QED) is 0.860. The monoisotopic (exact) mass is 264 g/mol. The molecule has 3 rings (SSSR count). The van der Waals surface area contributed by atoms with Crippen molar-refractivity contribution in [2.75, 3.05) is 0 Å². The molecule has 0 aliphatic heterocycles. The predicted octanol–water partition coefficient (Wildman–Crippen LogP) is 3.24. The highest BCUT2D eigenvalue weighted by Gasteiger charge is 2.39. The van der Waals surface area contributed by atoms with E-state index in [2.05, 4.69) is 24.9 Å². The Morgan fingerprint density at radius 1 is 1.25 bits per heavy atom. The molecule has 0 amide bonds. The van der Waals surface area contributed by atoms with Gasteiger partial charge in [-0.1, -0.05) is 26.0 Å². The van der Waals surface area contributed by atoms with E-state index in [0.717, 1.165) is 23.1 Å². The minimum atomic E-state index is -0.469. The molecule has 20 heavy (non-hydrogen) atoms. The van der Waals surface area contributed by atoms with Gasteiger partial charge in [0.2, 0.25) is 0 Å². The van der Waals surface area contributed by atoms with Gasteiger partial charge in [0, 0.05) is 23.5 Å². The molecule has 0 fully saturated rings. The van der Waals surface area contributed by atoms with Gasteiger partial charge in [-0.2, -0.15) is 5.26 Å². The summed E-state index contributed by atoms with van der Waals surface area (Å²) in [5.41, 5.74) is 4.68. The Morgan fingerprint density at radius 2 is 1.95 bits per heavy atom. The molecular weight excluding hydrogens is 248 g/mol. The largest absolute Gasteiger partial charge is 0.388 e. The number of nitrogens with zero attached hydrogens (tertiary/aromatic N) is 2. The van der Waals surface area contributed by atoms with Crippen LogP contribution in [0.1, 0.15) is 36.6 Å². The van der Waals surface area contributed by atoms with Gasteiger partial charge in [-0.05, 0) is 35.1 Å². The molecule has 0 radical (unpaired) electrons. The molecule has 1 aliphatic rings. The summed E-state index contributed by atoms with van der Waals surface area (Å²) in [5.74, 6) is 0. The maximum atomic E-state index is 10.4. The molecule has 1 aromatic heterocycles. The number of nitriles is 1. The van der Waals surface area contributed by atoms with Crippen LogP contribution in [0, 0.1) is 16.7 Å². The smallest absolute Gasteiger partial charge is 0.0991 e. The first kappa shape index (κ1) is 12.8. The molecule has 0 saturated heterocycles. The van der Waals surface area contributed by atoms with Crippen LogP contribution in [0.4, 0.5) is 0 Å². The van der Waals surface area contributed by atoms with Gasteiger partial charge in [-0.15, -0.1) is 0 Å². The summed E-state index contributed by atoms with van der Waals surface area (Å²) < 4.78 is 0. The molecule has 1 aliphatic carbocycles. The topological polar surface area (TPSA) is 56.9 Å². The third kappa shape index (κ3) is 1.90. The van der Waals surface area contributed by atoms with E-state index in [-0.39, 0.29) is 5.41 Å². The second kappa shape index (κ2) is 4.43. The Bertz CT molecular complexity index is 696. The zero-order valence-corrected chi connectivity index (χ0v) is 11.6. The standard InChI is InChI=1S/C17H16N2O/c1-17(2)7-13-14(9-19-10-15(13)16(17)20)12-5-3-11(8-18)4-6-12/h3-6,9-10,16,20H,7H2,1-2H3. The van der Waals surface area contributed by atoms with Crippen molar-refractivity contribution in [2.24, 2.45) is 5.41 Å². The summed E-state index contributed by atoms with van der Waals surface area (Å²) in [4.78, 5) is 4.27. The first-order valence-electron chi connectivity index (χ1n) is 6.68. The molecule has 1 atom stereocenters. The number of benzene rings is 1. The van der Waals surface area contributed by atoms with Gasteiger partial charge in [0.1, 0.15) is 0 Å². The number of fused-ring (bicyclic) bond motifs is 1. The van der Waals surface area contributed by atoms with E-state index in [1.54, 1.807) is 6.20 Å². The van der Waals surface area contributed by atoms with E-state index < -0.39 is 6.10 Å². The van der Waals surface area contributed by atoms with Gasteiger partial charge < -0.3 is 5.11 Å². The van der Waals surface area contributed by atoms with Crippen LogP contribution in [0.3, 0.4) is 0 Å². The number of aromatic nitrogens is 1. The Morgan fingerprint density at radius 3 is 2.60 bits per heavy atom. The number of hydrogen-bond donors (Lipinski definition) is 1. The first-order chi connectivity index (χ1) is 9.53. The normalized spacial score (nSPS) is 19.4. The van der Waals surface area contributed by atoms with Crippen LogP contribution in [0.5, 0.6) is 0 Å². The molecule has 2 aromatic rings. The maximum Gasteiger partial charge on any atom is 0.0991 e. The fourth-order valence-corrected chi connectivity index (χ4v) is 2.88. The molecule has 100 valence electrons. The molecule has 1 N–H and O–H groups in total. The zero-order valence-electron chi connectivity index (χ0n) is 11.6. The van der Waals surface area contributed by atoms with Crippen molar-refractivity contribution in [3.8, 4) is 17.2 Å². The van der Waals surface area contributed by atoms with E-state index in [0.29, 0.717) is 5.56 Å². The molecule has 0 bridgehead atoms. The minimum Gasteiger partial charge on any atom is -0.388 e. The molecule has 0 saturated carbocycles. The second-order valence-electron chi connectivity index (χ2n) is 6.01. The Kier molecular flexibility index (Phi) is 2.84.